The highest BCUT2D eigenvalue weighted by Crippen LogP contribution is 2.45. The second-order valence-corrected chi connectivity index (χ2v) is 7.66. The second-order valence-electron chi connectivity index (χ2n) is 5.94. The first kappa shape index (κ1) is 13.8. The smallest absolute Gasteiger partial charge is 0.241 e. The zero-order valence-electron chi connectivity index (χ0n) is 11.4. The quantitative estimate of drug-likeness (QED) is 0.818. The monoisotopic (exact) mass is 298 g/mol. The van der Waals surface area contributed by atoms with Crippen molar-refractivity contribution in [3.05, 3.63) is 23.5 Å². The van der Waals surface area contributed by atoms with Crippen LogP contribution < -0.4 is 10.5 Å². The molecule has 0 bridgehead atoms. The number of nitrogens with two attached hydrogens (primary N) is 1. The fourth-order valence-corrected chi connectivity index (χ4v) is 3.98. The number of halogens is 1. The Balaban J connectivity index is 1.87. The average molecular weight is 298 g/mol. The van der Waals surface area contributed by atoms with E-state index in [1.807, 2.05) is 0 Å². The number of hydrogen-bond acceptors (Lipinski definition) is 3. The maximum absolute atomic E-state index is 13.7. The highest BCUT2D eigenvalue weighted by atomic mass is 32.2. The molecule has 0 amide bonds. The molecule has 3 N–H and O–H groups in total. The molecule has 2 saturated carbocycles. The average Bonchev–Trinajstić information content (AvgIpc) is 3.26. The van der Waals surface area contributed by atoms with Gasteiger partial charge in [-0.15, -0.1) is 0 Å². The molecule has 20 heavy (non-hydrogen) atoms. The molecule has 0 radical (unpaired) electrons. The first-order valence-electron chi connectivity index (χ1n) is 6.96. The van der Waals surface area contributed by atoms with Gasteiger partial charge in [0.2, 0.25) is 10.0 Å². The van der Waals surface area contributed by atoms with Crippen molar-refractivity contribution >= 4 is 15.7 Å². The standard InChI is InChI=1S/C14H19FN2O2S/c1-8-12(15)6-11(7-13(8)16)20(18,19)17-14(9-2-3-9)10-4-5-10/h6-7,9-10,14,17H,2-5,16H2,1H3. The van der Waals surface area contributed by atoms with E-state index >= 15 is 0 Å². The van der Waals surface area contributed by atoms with Crippen molar-refractivity contribution < 1.29 is 12.8 Å². The molecule has 0 unspecified atom stereocenters. The Labute approximate surface area is 118 Å². The summed E-state index contributed by atoms with van der Waals surface area (Å²) in [5.74, 6) is 0.314. The zero-order valence-corrected chi connectivity index (χ0v) is 12.2. The second kappa shape index (κ2) is 4.70. The number of nitrogen functional groups attached to an aromatic ring is 1. The molecular weight excluding hydrogens is 279 g/mol. The van der Waals surface area contributed by atoms with Gasteiger partial charge in [-0.3, -0.25) is 0 Å². The Morgan fingerprint density at radius 3 is 2.25 bits per heavy atom. The summed E-state index contributed by atoms with van der Waals surface area (Å²) in [6, 6.07) is 2.38. The van der Waals surface area contributed by atoms with Gasteiger partial charge in [0.05, 0.1) is 4.90 Å². The molecule has 1 aromatic rings. The third kappa shape index (κ3) is 2.67. The van der Waals surface area contributed by atoms with Gasteiger partial charge in [-0.05, 0) is 56.6 Å². The maximum atomic E-state index is 13.7. The number of sulfonamides is 1. The van der Waals surface area contributed by atoms with Gasteiger partial charge in [0.1, 0.15) is 5.82 Å². The number of nitrogens with one attached hydrogen (secondary N) is 1. The molecule has 0 heterocycles. The van der Waals surface area contributed by atoms with Crippen LogP contribution in [0.1, 0.15) is 31.2 Å². The van der Waals surface area contributed by atoms with E-state index in [1.165, 1.54) is 13.0 Å². The predicted molar refractivity (Wildman–Crippen MR) is 75.1 cm³/mol. The summed E-state index contributed by atoms with van der Waals surface area (Å²) in [4.78, 5) is -0.0793. The van der Waals surface area contributed by atoms with Gasteiger partial charge in [-0.2, -0.15) is 0 Å². The number of anilines is 1. The third-order valence-corrected chi connectivity index (χ3v) is 5.66. The molecule has 4 nitrogen and oxygen atoms in total. The van der Waals surface area contributed by atoms with Crippen LogP contribution in [-0.2, 0) is 10.0 Å². The summed E-state index contributed by atoms with van der Waals surface area (Å²) in [5.41, 5.74) is 6.11. The highest BCUT2D eigenvalue weighted by molar-refractivity contribution is 7.89. The Morgan fingerprint density at radius 2 is 1.80 bits per heavy atom. The van der Waals surface area contributed by atoms with E-state index in [0.29, 0.717) is 11.8 Å². The lowest BCUT2D eigenvalue weighted by Gasteiger charge is -2.18. The fraction of sp³-hybridized carbons (Fsp3) is 0.571. The Kier molecular flexibility index (Phi) is 3.25. The van der Waals surface area contributed by atoms with Crippen molar-refractivity contribution in [1.82, 2.24) is 4.72 Å². The van der Waals surface area contributed by atoms with Crippen LogP contribution in [-0.4, -0.2) is 14.5 Å². The third-order valence-electron chi connectivity index (χ3n) is 4.22. The molecule has 2 fully saturated rings. The molecule has 2 aliphatic carbocycles. The van der Waals surface area contributed by atoms with Crippen molar-refractivity contribution in [2.45, 2.75) is 43.5 Å². The van der Waals surface area contributed by atoms with Crippen molar-refractivity contribution in [2.75, 3.05) is 5.73 Å². The van der Waals surface area contributed by atoms with Gasteiger partial charge in [0, 0.05) is 17.3 Å². The minimum atomic E-state index is -3.70. The number of rotatable bonds is 5. The van der Waals surface area contributed by atoms with Crippen LogP contribution in [0.2, 0.25) is 0 Å². The SMILES string of the molecule is Cc1c(N)cc(S(=O)(=O)NC(C2CC2)C2CC2)cc1F. The van der Waals surface area contributed by atoms with Gasteiger partial charge >= 0.3 is 0 Å². The van der Waals surface area contributed by atoms with Crippen LogP contribution in [0.5, 0.6) is 0 Å². The van der Waals surface area contributed by atoms with E-state index in [1.54, 1.807) is 0 Å². The highest BCUT2D eigenvalue weighted by Gasteiger charge is 2.43. The largest absolute Gasteiger partial charge is 0.398 e. The molecule has 0 atom stereocenters. The van der Waals surface area contributed by atoms with E-state index in [0.717, 1.165) is 31.7 Å². The molecule has 0 aromatic heterocycles. The molecule has 3 rings (SSSR count). The molecule has 0 saturated heterocycles. The number of hydrogen-bond donors (Lipinski definition) is 2. The minimum absolute atomic E-state index is 0.00517. The van der Waals surface area contributed by atoms with E-state index in [4.69, 9.17) is 5.73 Å². The van der Waals surface area contributed by atoms with Crippen LogP contribution in [0, 0.1) is 24.6 Å². The molecule has 2 aliphatic rings. The molecule has 1 aromatic carbocycles. The Hall–Kier alpha value is -1.14. The van der Waals surface area contributed by atoms with Crippen molar-refractivity contribution in [3.8, 4) is 0 Å². The maximum Gasteiger partial charge on any atom is 0.241 e. The van der Waals surface area contributed by atoms with Crippen LogP contribution in [0.25, 0.3) is 0 Å². The fourth-order valence-electron chi connectivity index (χ4n) is 2.56. The van der Waals surface area contributed by atoms with Gasteiger partial charge in [0.25, 0.3) is 0 Å². The molecule has 110 valence electrons. The summed E-state index contributed by atoms with van der Waals surface area (Å²) in [6.07, 6.45) is 4.31. The normalized spacial score (nSPS) is 19.6. The minimum Gasteiger partial charge on any atom is -0.398 e. The summed E-state index contributed by atoms with van der Waals surface area (Å²) in [5, 5.41) is 0. The van der Waals surface area contributed by atoms with E-state index < -0.39 is 15.8 Å². The van der Waals surface area contributed by atoms with Gasteiger partial charge < -0.3 is 5.73 Å². The lowest BCUT2D eigenvalue weighted by Crippen LogP contribution is -2.38. The summed E-state index contributed by atoms with van der Waals surface area (Å²) in [7, 11) is -3.70. The lowest BCUT2D eigenvalue weighted by molar-refractivity contribution is 0.471. The topological polar surface area (TPSA) is 72.2 Å². The van der Waals surface area contributed by atoms with Gasteiger partial charge in [0.15, 0.2) is 0 Å². The van der Waals surface area contributed by atoms with Crippen molar-refractivity contribution in [1.29, 1.82) is 0 Å². The zero-order chi connectivity index (χ0) is 14.5. The van der Waals surface area contributed by atoms with Gasteiger partial charge in [-0.1, -0.05) is 0 Å². The summed E-state index contributed by atoms with van der Waals surface area (Å²) in [6.45, 7) is 1.53. The first-order valence-corrected chi connectivity index (χ1v) is 8.45. The lowest BCUT2D eigenvalue weighted by atomic mass is 10.1. The van der Waals surface area contributed by atoms with E-state index in [-0.39, 0.29) is 22.2 Å². The van der Waals surface area contributed by atoms with Crippen molar-refractivity contribution in [3.63, 3.8) is 0 Å². The van der Waals surface area contributed by atoms with E-state index in [9.17, 15) is 12.8 Å². The summed E-state index contributed by atoms with van der Waals surface area (Å²) >= 11 is 0. The predicted octanol–water partition coefficient (Wildman–Crippen LogP) is 2.18. The summed E-state index contributed by atoms with van der Waals surface area (Å²) < 4.78 is 41.2. The van der Waals surface area contributed by atoms with E-state index in [2.05, 4.69) is 4.72 Å². The molecule has 6 heteroatoms. The van der Waals surface area contributed by atoms with Crippen molar-refractivity contribution in [2.24, 2.45) is 11.8 Å². The van der Waals surface area contributed by atoms with Crippen LogP contribution in [0.3, 0.4) is 0 Å². The van der Waals surface area contributed by atoms with Crippen LogP contribution in [0.15, 0.2) is 17.0 Å². The van der Waals surface area contributed by atoms with Crippen LogP contribution in [0.4, 0.5) is 10.1 Å². The molecular formula is C14H19FN2O2S. The Morgan fingerprint density at radius 1 is 1.25 bits per heavy atom. The molecule has 0 spiro atoms. The first-order chi connectivity index (χ1) is 9.38. The van der Waals surface area contributed by atoms with Crippen LogP contribution >= 0.6 is 0 Å². The Bertz CT molecular complexity index is 602. The number of benzene rings is 1. The molecule has 0 aliphatic heterocycles. The van der Waals surface area contributed by atoms with Gasteiger partial charge in [-0.25, -0.2) is 17.5 Å².